The minimum atomic E-state index is -0.179. The van der Waals surface area contributed by atoms with Crippen LogP contribution in [0.4, 0.5) is 4.39 Å². The molecule has 1 atom stereocenters. The molecule has 1 aromatic carbocycles. The van der Waals surface area contributed by atoms with Gasteiger partial charge in [-0.05, 0) is 56.8 Å². The van der Waals surface area contributed by atoms with Crippen molar-refractivity contribution in [1.82, 2.24) is 15.5 Å². The van der Waals surface area contributed by atoms with E-state index in [0.717, 1.165) is 50.0 Å². The average molecular weight is 462 g/mol. The van der Waals surface area contributed by atoms with E-state index >= 15 is 0 Å². The number of guanidine groups is 1. The molecule has 0 aliphatic carbocycles. The van der Waals surface area contributed by atoms with Crippen LogP contribution in [0.25, 0.3) is 0 Å². The quantitative estimate of drug-likeness (QED) is 0.283. The maximum absolute atomic E-state index is 13.1. The Morgan fingerprint density at radius 2 is 2.08 bits per heavy atom. The van der Waals surface area contributed by atoms with Gasteiger partial charge in [-0.1, -0.05) is 18.6 Å². The number of hydrogen-bond donors (Lipinski definition) is 2. The van der Waals surface area contributed by atoms with Crippen molar-refractivity contribution < 1.29 is 4.39 Å². The van der Waals surface area contributed by atoms with Crippen LogP contribution in [0.3, 0.4) is 0 Å². The van der Waals surface area contributed by atoms with Crippen molar-refractivity contribution in [3.63, 3.8) is 0 Å². The van der Waals surface area contributed by atoms with Crippen LogP contribution in [-0.4, -0.2) is 50.1 Å². The van der Waals surface area contributed by atoms with Crippen molar-refractivity contribution in [2.24, 2.45) is 4.99 Å². The predicted molar refractivity (Wildman–Crippen MR) is 114 cm³/mol. The molecule has 0 bridgehead atoms. The zero-order valence-corrected chi connectivity index (χ0v) is 17.8. The third kappa shape index (κ3) is 8.35. The highest BCUT2D eigenvalue weighted by atomic mass is 127. The van der Waals surface area contributed by atoms with E-state index in [0.29, 0.717) is 0 Å². The van der Waals surface area contributed by atoms with Gasteiger partial charge in [-0.25, -0.2) is 4.39 Å². The Balaban J connectivity index is 0.00000312. The molecule has 0 aromatic heterocycles. The molecular weight excluding hydrogens is 430 g/mol. The number of nitrogens with one attached hydrogen (secondary N) is 2. The average Bonchev–Trinajstić information content (AvgIpc) is 2.58. The lowest BCUT2D eigenvalue weighted by Gasteiger charge is -2.33. The van der Waals surface area contributed by atoms with Gasteiger partial charge in [-0.2, -0.15) is 0 Å². The fourth-order valence-electron chi connectivity index (χ4n) is 3.22. The number of nitrogens with zero attached hydrogens (tertiary/aromatic N) is 2. The highest BCUT2D eigenvalue weighted by molar-refractivity contribution is 14.0. The Labute approximate surface area is 168 Å². The van der Waals surface area contributed by atoms with Crippen molar-refractivity contribution in [3.05, 3.63) is 35.6 Å². The fourth-order valence-corrected chi connectivity index (χ4v) is 3.22. The van der Waals surface area contributed by atoms with Crippen LogP contribution in [-0.2, 0) is 6.42 Å². The minimum Gasteiger partial charge on any atom is -0.356 e. The van der Waals surface area contributed by atoms with Crippen LogP contribution in [0.15, 0.2) is 29.3 Å². The molecular formula is C19H32FIN4. The molecule has 1 fully saturated rings. The van der Waals surface area contributed by atoms with Crippen molar-refractivity contribution in [2.45, 2.75) is 45.1 Å². The van der Waals surface area contributed by atoms with Crippen molar-refractivity contribution >= 4 is 29.9 Å². The maximum Gasteiger partial charge on any atom is 0.190 e. The minimum absolute atomic E-state index is 0. The summed E-state index contributed by atoms with van der Waals surface area (Å²) in [6.07, 6.45) is 5.94. The summed E-state index contributed by atoms with van der Waals surface area (Å²) >= 11 is 0. The Morgan fingerprint density at radius 3 is 2.80 bits per heavy atom. The highest BCUT2D eigenvalue weighted by Gasteiger charge is 2.16. The Bertz CT molecular complexity index is 524. The lowest BCUT2D eigenvalue weighted by molar-refractivity contribution is 0.159. The summed E-state index contributed by atoms with van der Waals surface area (Å²) in [5, 5.41) is 6.65. The third-order valence-corrected chi connectivity index (χ3v) is 4.67. The van der Waals surface area contributed by atoms with Gasteiger partial charge in [0.15, 0.2) is 5.96 Å². The predicted octanol–water partition coefficient (Wildman–Crippen LogP) is 3.42. The molecule has 1 saturated heterocycles. The lowest BCUT2D eigenvalue weighted by atomic mass is 10.0. The molecule has 1 aliphatic rings. The van der Waals surface area contributed by atoms with Gasteiger partial charge in [0.2, 0.25) is 0 Å². The van der Waals surface area contributed by atoms with Gasteiger partial charge in [0.05, 0.1) is 0 Å². The first-order chi connectivity index (χ1) is 11.7. The van der Waals surface area contributed by atoms with Gasteiger partial charge in [-0.15, -0.1) is 24.0 Å². The van der Waals surface area contributed by atoms with E-state index in [1.807, 2.05) is 6.07 Å². The van der Waals surface area contributed by atoms with Crippen LogP contribution in [0.1, 0.15) is 38.2 Å². The summed E-state index contributed by atoms with van der Waals surface area (Å²) in [6, 6.07) is 7.47. The number of hydrogen-bond acceptors (Lipinski definition) is 2. The fraction of sp³-hybridized carbons (Fsp3) is 0.632. The Kier molecular flexibility index (Phi) is 11.0. The summed E-state index contributed by atoms with van der Waals surface area (Å²) in [5.41, 5.74) is 0.997. The van der Waals surface area contributed by atoms with Crippen LogP contribution >= 0.6 is 24.0 Å². The maximum atomic E-state index is 13.1. The number of likely N-dealkylation sites (tertiary alicyclic amines) is 1. The lowest BCUT2D eigenvalue weighted by Crippen LogP contribution is -2.41. The molecule has 142 valence electrons. The summed E-state index contributed by atoms with van der Waals surface area (Å²) in [5.74, 6) is 0.639. The number of aliphatic imine (C=N–C) groups is 1. The molecule has 25 heavy (non-hydrogen) atoms. The van der Waals surface area contributed by atoms with Gasteiger partial charge in [-0.3, -0.25) is 4.99 Å². The number of rotatable bonds is 7. The molecule has 0 amide bonds. The number of halogens is 2. The zero-order valence-electron chi connectivity index (χ0n) is 15.4. The first kappa shape index (κ1) is 22.2. The smallest absolute Gasteiger partial charge is 0.190 e. The van der Waals surface area contributed by atoms with E-state index in [2.05, 4.69) is 27.4 Å². The largest absolute Gasteiger partial charge is 0.356 e. The van der Waals surface area contributed by atoms with E-state index in [-0.39, 0.29) is 29.8 Å². The van der Waals surface area contributed by atoms with Gasteiger partial charge in [0, 0.05) is 32.7 Å². The van der Waals surface area contributed by atoms with Crippen molar-refractivity contribution in [2.75, 3.05) is 33.2 Å². The molecule has 2 N–H and O–H groups in total. The van der Waals surface area contributed by atoms with Crippen LogP contribution in [0.2, 0.25) is 0 Å². The SMILES string of the molecule is CN=C(NCCCN1CCCCC1C)NCCc1cccc(F)c1.I. The van der Waals surface area contributed by atoms with Crippen molar-refractivity contribution in [1.29, 1.82) is 0 Å². The molecule has 1 heterocycles. The summed E-state index contributed by atoms with van der Waals surface area (Å²) in [4.78, 5) is 6.83. The standard InChI is InChI=1S/C19H31FN4.HI/c1-16-7-3-4-13-24(16)14-6-11-22-19(21-2)23-12-10-17-8-5-9-18(20)15-17;/h5,8-9,15-16H,3-4,6-7,10-14H2,1-2H3,(H2,21,22,23);1H. The van der Waals surface area contributed by atoms with Crippen LogP contribution < -0.4 is 10.6 Å². The molecule has 0 spiro atoms. The normalized spacial score (nSPS) is 18.5. The van der Waals surface area contributed by atoms with Crippen LogP contribution in [0.5, 0.6) is 0 Å². The molecule has 1 aromatic rings. The third-order valence-electron chi connectivity index (χ3n) is 4.67. The van der Waals surface area contributed by atoms with E-state index < -0.39 is 0 Å². The van der Waals surface area contributed by atoms with E-state index in [1.54, 1.807) is 19.2 Å². The molecule has 2 rings (SSSR count). The van der Waals surface area contributed by atoms with Crippen molar-refractivity contribution in [3.8, 4) is 0 Å². The summed E-state index contributed by atoms with van der Waals surface area (Å²) in [6.45, 7) is 6.38. The van der Waals surface area contributed by atoms with Gasteiger partial charge in [0.25, 0.3) is 0 Å². The summed E-state index contributed by atoms with van der Waals surface area (Å²) in [7, 11) is 1.78. The van der Waals surface area contributed by atoms with E-state index in [9.17, 15) is 4.39 Å². The first-order valence-electron chi connectivity index (χ1n) is 9.12. The molecule has 0 saturated carbocycles. The van der Waals surface area contributed by atoms with E-state index in [1.165, 1.54) is 31.9 Å². The molecule has 1 aliphatic heterocycles. The van der Waals surface area contributed by atoms with Gasteiger partial charge < -0.3 is 15.5 Å². The van der Waals surface area contributed by atoms with Crippen LogP contribution in [0, 0.1) is 5.82 Å². The monoisotopic (exact) mass is 462 g/mol. The zero-order chi connectivity index (χ0) is 17.2. The first-order valence-corrected chi connectivity index (χ1v) is 9.12. The topological polar surface area (TPSA) is 39.7 Å². The second-order valence-corrected chi connectivity index (χ2v) is 6.54. The second-order valence-electron chi connectivity index (χ2n) is 6.54. The van der Waals surface area contributed by atoms with Gasteiger partial charge >= 0.3 is 0 Å². The van der Waals surface area contributed by atoms with Gasteiger partial charge in [0.1, 0.15) is 5.82 Å². The molecule has 4 nitrogen and oxygen atoms in total. The molecule has 0 radical (unpaired) electrons. The molecule has 6 heteroatoms. The number of benzene rings is 1. The Hall–Kier alpha value is -0.890. The summed E-state index contributed by atoms with van der Waals surface area (Å²) < 4.78 is 13.1. The highest BCUT2D eigenvalue weighted by Crippen LogP contribution is 2.15. The van der Waals surface area contributed by atoms with E-state index in [4.69, 9.17) is 0 Å². The Morgan fingerprint density at radius 1 is 1.28 bits per heavy atom. The number of piperidine rings is 1. The molecule has 1 unspecified atom stereocenters. The second kappa shape index (κ2) is 12.5.